The van der Waals surface area contributed by atoms with E-state index in [2.05, 4.69) is 5.32 Å². The maximum Gasteiger partial charge on any atom is 0.270 e. The molecule has 0 saturated carbocycles. The summed E-state index contributed by atoms with van der Waals surface area (Å²) in [6, 6.07) is 13.1. The first-order valence-corrected chi connectivity index (χ1v) is 7.32. The third-order valence-electron chi connectivity index (χ3n) is 3.24. The van der Waals surface area contributed by atoms with E-state index in [1.807, 2.05) is 19.1 Å². The molecule has 1 atom stereocenters. The molecule has 0 spiro atoms. The first-order chi connectivity index (χ1) is 11.0. The molecule has 2 aromatic carbocycles. The Morgan fingerprint density at radius 3 is 2.61 bits per heavy atom. The topological polar surface area (TPSA) is 72.2 Å². The number of rotatable bonds is 5. The number of hydrogen-bond donors (Lipinski definition) is 1. The molecule has 23 heavy (non-hydrogen) atoms. The van der Waals surface area contributed by atoms with E-state index >= 15 is 0 Å². The molecular formula is C17H15ClN2O3. The Bertz CT molecular complexity index is 742. The van der Waals surface area contributed by atoms with Crippen molar-refractivity contribution < 1.29 is 9.72 Å². The minimum atomic E-state index is -0.472. The molecule has 0 aromatic heterocycles. The van der Waals surface area contributed by atoms with Crippen LogP contribution in [0.2, 0.25) is 5.02 Å². The van der Waals surface area contributed by atoms with Crippen molar-refractivity contribution in [3.63, 3.8) is 0 Å². The van der Waals surface area contributed by atoms with Crippen LogP contribution in [0.3, 0.4) is 0 Å². The average molecular weight is 331 g/mol. The van der Waals surface area contributed by atoms with Crippen molar-refractivity contribution in [2.24, 2.45) is 0 Å². The Kier molecular flexibility index (Phi) is 5.49. The van der Waals surface area contributed by atoms with Crippen molar-refractivity contribution in [2.45, 2.75) is 13.0 Å². The molecule has 1 N–H and O–H groups in total. The molecule has 0 heterocycles. The second kappa shape index (κ2) is 7.56. The molecule has 0 aliphatic heterocycles. The SMILES string of the molecule is C[C@H](NC(=O)/C=C/c1cccc([N+](=O)[O-])c1)c1ccc(Cl)cc1. The molecule has 0 aliphatic rings. The van der Waals surface area contributed by atoms with Gasteiger partial charge in [0.1, 0.15) is 0 Å². The Labute approximate surface area is 138 Å². The van der Waals surface area contributed by atoms with Crippen molar-refractivity contribution in [3.05, 3.63) is 80.9 Å². The molecule has 2 aromatic rings. The lowest BCUT2D eigenvalue weighted by Crippen LogP contribution is -2.24. The number of hydrogen-bond acceptors (Lipinski definition) is 3. The van der Waals surface area contributed by atoms with Gasteiger partial charge in [-0.15, -0.1) is 0 Å². The van der Waals surface area contributed by atoms with Gasteiger partial charge in [-0.1, -0.05) is 35.9 Å². The zero-order chi connectivity index (χ0) is 16.8. The maximum atomic E-state index is 11.9. The van der Waals surface area contributed by atoms with Crippen molar-refractivity contribution in [2.75, 3.05) is 0 Å². The number of halogens is 1. The lowest BCUT2D eigenvalue weighted by Gasteiger charge is -2.12. The highest BCUT2D eigenvalue weighted by Crippen LogP contribution is 2.16. The number of benzene rings is 2. The molecule has 2 rings (SSSR count). The molecule has 0 fully saturated rings. The summed E-state index contributed by atoms with van der Waals surface area (Å²) in [4.78, 5) is 22.2. The second-order valence-electron chi connectivity index (χ2n) is 4.97. The summed E-state index contributed by atoms with van der Waals surface area (Å²) in [5, 5.41) is 14.2. The summed E-state index contributed by atoms with van der Waals surface area (Å²) in [6.07, 6.45) is 2.89. The molecule has 0 bridgehead atoms. The van der Waals surface area contributed by atoms with E-state index in [-0.39, 0.29) is 17.6 Å². The molecule has 0 unspecified atom stereocenters. The number of non-ortho nitro benzene ring substituents is 1. The van der Waals surface area contributed by atoms with Crippen LogP contribution >= 0.6 is 11.6 Å². The lowest BCUT2D eigenvalue weighted by molar-refractivity contribution is -0.384. The first kappa shape index (κ1) is 16.7. The van der Waals surface area contributed by atoms with Crippen LogP contribution in [0.5, 0.6) is 0 Å². The highest BCUT2D eigenvalue weighted by Gasteiger charge is 2.08. The molecule has 6 heteroatoms. The highest BCUT2D eigenvalue weighted by atomic mass is 35.5. The molecule has 0 saturated heterocycles. The number of amides is 1. The van der Waals surface area contributed by atoms with Gasteiger partial charge in [-0.05, 0) is 36.3 Å². The van der Waals surface area contributed by atoms with Gasteiger partial charge in [0.25, 0.3) is 5.69 Å². The van der Waals surface area contributed by atoms with Crippen LogP contribution in [0, 0.1) is 10.1 Å². The fourth-order valence-corrected chi connectivity index (χ4v) is 2.14. The van der Waals surface area contributed by atoms with Crippen molar-refractivity contribution in [1.29, 1.82) is 0 Å². The van der Waals surface area contributed by atoms with E-state index < -0.39 is 4.92 Å². The summed E-state index contributed by atoms with van der Waals surface area (Å²) < 4.78 is 0. The zero-order valence-electron chi connectivity index (χ0n) is 12.4. The van der Waals surface area contributed by atoms with Gasteiger partial charge in [0.2, 0.25) is 5.91 Å². The van der Waals surface area contributed by atoms with Crippen molar-refractivity contribution in [1.82, 2.24) is 5.32 Å². The van der Waals surface area contributed by atoms with Gasteiger partial charge >= 0.3 is 0 Å². The number of nitro benzene ring substituents is 1. The summed E-state index contributed by atoms with van der Waals surface area (Å²) in [5.41, 5.74) is 1.52. The zero-order valence-corrected chi connectivity index (χ0v) is 13.2. The number of nitrogens with zero attached hydrogens (tertiary/aromatic N) is 1. The summed E-state index contributed by atoms with van der Waals surface area (Å²) in [7, 11) is 0. The second-order valence-corrected chi connectivity index (χ2v) is 5.40. The molecule has 0 radical (unpaired) electrons. The Balaban J connectivity index is 2.00. The highest BCUT2D eigenvalue weighted by molar-refractivity contribution is 6.30. The minimum absolute atomic E-state index is 0.0120. The monoisotopic (exact) mass is 330 g/mol. The number of nitrogens with one attached hydrogen (secondary N) is 1. The number of carbonyl (C=O) groups excluding carboxylic acids is 1. The van der Waals surface area contributed by atoms with Gasteiger partial charge in [-0.25, -0.2) is 0 Å². The number of carbonyl (C=O) groups is 1. The summed E-state index contributed by atoms with van der Waals surface area (Å²) in [6.45, 7) is 1.86. The van der Waals surface area contributed by atoms with Crippen LogP contribution in [-0.2, 0) is 4.79 Å². The van der Waals surface area contributed by atoms with E-state index in [0.717, 1.165) is 5.56 Å². The van der Waals surface area contributed by atoms with Crippen LogP contribution < -0.4 is 5.32 Å². The molecule has 5 nitrogen and oxygen atoms in total. The minimum Gasteiger partial charge on any atom is -0.346 e. The molecular weight excluding hydrogens is 316 g/mol. The molecule has 118 valence electrons. The van der Waals surface area contributed by atoms with Crippen molar-refractivity contribution in [3.8, 4) is 0 Å². The molecule has 1 amide bonds. The maximum absolute atomic E-state index is 11.9. The Hall–Kier alpha value is -2.66. The predicted molar refractivity (Wildman–Crippen MR) is 90.1 cm³/mol. The lowest BCUT2D eigenvalue weighted by atomic mass is 10.1. The van der Waals surface area contributed by atoms with Gasteiger partial charge in [-0.2, -0.15) is 0 Å². The quantitative estimate of drug-likeness (QED) is 0.508. The van der Waals surface area contributed by atoms with E-state index in [4.69, 9.17) is 11.6 Å². The van der Waals surface area contributed by atoms with E-state index in [1.54, 1.807) is 24.3 Å². The van der Waals surface area contributed by atoms with Crippen LogP contribution in [0.1, 0.15) is 24.1 Å². The smallest absolute Gasteiger partial charge is 0.270 e. The summed E-state index contributed by atoms with van der Waals surface area (Å²) >= 11 is 5.83. The summed E-state index contributed by atoms with van der Waals surface area (Å²) in [5.74, 6) is -0.279. The van der Waals surface area contributed by atoms with E-state index in [9.17, 15) is 14.9 Å². The average Bonchev–Trinajstić information content (AvgIpc) is 2.53. The van der Waals surface area contributed by atoms with Crippen LogP contribution in [0.15, 0.2) is 54.6 Å². The van der Waals surface area contributed by atoms with E-state index in [0.29, 0.717) is 10.6 Å². The van der Waals surface area contributed by atoms with Crippen LogP contribution in [0.25, 0.3) is 6.08 Å². The molecule has 0 aliphatic carbocycles. The van der Waals surface area contributed by atoms with Gasteiger partial charge in [0.15, 0.2) is 0 Å². The third-order valence-corrected chi connectivity index (χ3v) is 3.49. The van der Waals surface area contributed by atoms with Crippen LogP contribution in [-0.4, -0.2) is 10.8 Å². The third kappa shape index (κ3) is 4.93. The normalized spacial score (nSPS) is 12.1. The van der Waals surface area contributed by atoms with Gasteiger partial charge < -0.3 is 5.32 Å². The predicted octanol–water partition coefficient (Wildman–Crippen LogP) is 4.14. The first-order valence-electron chi connectivity index (χ1n) is 6.94. The van der Waals surface area contributed by atoms with Gasteiger partial charge in [0.05, 0.1) is 11.0 Å². The van der Waals surface area contributed by atoms with Crippen LogP contribution in [0.4, 0.5) is 5.69 Å². The number of nitro groups is 1. The van der Waals surface area contributed by atoms with Crippen molar-refractivity contribution >= 4 is 29.3 Å². The standard InChI is InChI=1S/C17H15ClN2O3/c1-12(14-6-8-15(18)9-7-14)19-17(21)10-5-13-3-2-4-16(11-13)20(22)23/h2-12H,1H3,(H,19,21)/b10-5+/t12-/m0/s1. The Morgan fingerprint density at radius 2 is 1.96 bits per heavy atom. The van der Waals surface area contributed by atoms with Gasteiger partial charge in [0, 0.05) is 23.2 Å². The largest absolute Gasteiger partial charge is 0.346 e. The Morgan fingerprint density at radius 1 is 1.26 bits per heavy atom. The van der Waals surface area contributed by atoms with Gasteiger partial charge in [-0.3, -0.25) is 14.9 Å². The van der Waals surface area contributed by atoms with E-state index in [1.165, 1.54) is 24.3 Å². The fourth-order valence-electron chi connectivity index (χ4n) is 2.01. The fraction of sp³-hybridized carbons (Fsp3) is 0.118.